The molecule has 3 heterocycles. The lowest BCUT2D eigenvalue weighted by molar-refractivity contribution is -0.0410. The van der Waals surface area contributed by atoms with Gasteiger partial charge in [0.15, 0.2) is 0 Å². The van der Waals surface area contributed by atoms with Crippen LogP contribution >= 0.6 is 40.7 Å². The number of nitrogens with one attached hydrogen (secondary N) is 1. The summed E-state index contributed by atoms with van der Waals surface area (Å²) in [6, 6.07) is 31.0. The highest BCUT2D eigenvalue weighted by Gasteiger charge is 2.28. The molecule has 0 radical (unpaired) electrons. The van der Waals surface area contributed by atoms with Crippen molar-refractivity contribution in [1.82, 2.24) is 15.1 Å². The summed E-state index contributed by atoms with van der Waals surface area (Å²) in [4.78, 5) is 27.5. The summed E-state index contributed by atoms with van der Waals surface area (Å²) in [5.41, 5.74) is 2.92. The van der Waals surface area contributed by atoms with Gasteiger partial charge in [0, 0.05) is 31.0 Å². The Labute approximate surface area is 401 Å². The Hall–Kier alpha value is -2.90. The molecule has 3 aliphatic rings. The van der Waals surface area contributed by atoms with Crippen molar-refractivity contribution < 1.29 is 33.6 Å². The number of rotatable bonds is 7. The van der Waals surface area contributed by atoms with Crippen molar-refractivity contribution >= 4 is 52.9 Å². The number of ether oxygens (including phenoxy) is 4. The molecule has 0 spiro atoms. The molecular weight excluding hydrogens is 905 g/mol. The van der Waals surface area contributed by atoms with Crippen LogP contribution in [0.4, 0.5) is 9.59 Å². The monoisotopic (exact) mass is 983 g/mol. The summed E-state index contributed by atoms with van der Waals surface area (Å²) in [5.74, 6) is 0. The number of benzene rings is 3. The van der Waals surface area contributed by atoms with Gasteiger partial charge in [-0.25, -0.2) is 9.59 Å². The van der Waals surface area contributed by atoms with Crippen molar-refractivity contribution in [2.45, 2.75) is 155 Å². The molecule has 0 aliphatic carbocycles. The molecule has 10 nitrogen and oxygen atoms in total. The molecule has 3 saturated heterocycles. The van der Waals surface area contributed by atoms with Crippen LogP contribution in [0.5, 0.6) is 0 Å². The van der Waals surface area contributed by atoms with Gasteiger partial charge < -0.3 is 39.2 Å². The average Bonchev–Trinajstić information content (AvgIpc) is 3.22. The maximum Gasteiger partial charge on any atom is 0.410 e. The topological polar surface area (TPSA) is 110 Å². The largest absolute Gasteiger partial charge is 0.444 e. The fraction of sp³-hybridized carbons (Fsp3) is 0.600. The minimum atomic E-state index is -0.438. The fourth-order valence-corrected chi connectivity index (χ4v) is 7.01. The molecule has 0 aromatic heterocycles. The van der Waals surface area contributed by atoms with Crippen LogP contribution in [0.2, 0.25) is 0 Å². The first-order valence-electron chi connectivity index (χ1n) is 21.8. The van der Waals surface area contributed by atoms with Crippen LogP contribution in [-0.2, 0) is 18.9 Å². The Morgan fingerprint density at radius 3 is 1.22 bits per heavy atom. The minimum absolute atomic E-state index is 0. The van der Waals surface area contributed by atoms with E-state index >= 15 is 0 Å². The Morgan fingerprint density at radius 2 is 0.905 bits per heavy atom. The number of carbonyl (C=O) groups is 2. The maximum absolute atomic E-state index is 12.0. The van der Waals surface area contributed by atoms with Crippen LogP contribution < -0.4 is 5.32 Å². The zero-order valence-electron chi connectivity index (χ0n) is 38.6. The zero-order chi connectivity index (χ0) is 44.1. The van der Waals surface area contributed by atoms with Crippen molar-refractivity contribution in [1.29, 1.82) is 0 Å². The normalized spacial score (nSPS) is 17.3. The standard InChI is InChI=1S/C18H27NO3.C13H19NO.C10H19NO3.C8H9Br.CH4.2ClH/c1-14(15-8-6-5-7-9-15)21-16-10-12-19(13-11-16)17(20)22-18(2,3)4;1-11(12-5-3-2-4-6-12)15-13-7-9-14-10-8-13;1-10(2,3)14-9(13)11-6-4-8(12)5-7-11;1-7(9)8-5-3-2-4-6-8;;;/h5-9,14,16H,10-13H2,1-4H3;2-6,11,13-14H,7-10H2,1H3;8,12H,4-7H2,1-3H3;2-7H,1H3;1H4;2*1H. The van der Waals surface area contributed by atoms with E-state index in [1.54, 1.807) is 9.80 Å². The van der Waals surface area contributed by atoms with Crippen LogP contribution in [-0.4, -0.2) is 95.9 Å². The van der Waals surface area contributed by atoms with E-state index in [4.69, 9.17) is 18.9 Å². The molecule has 3 fully saturated rings. The van der Waals surface area contributed by atoms with Gasteiger partial charge in [-0.2, -0.15) is 0 Å². The summed E-state index contributed by atoms with van der Waals surface area (Å²) in [7, 11) is 0. The molecule has 0 saturated carbocycles. The van der Waals surface area contributed by atoms with Crippen LogP contribution in [0.1, 0.15) is 142 Å². The lowest BCUT2D eigenvalue weighted by atomic mass is 10.1. The van der Waals surface area contributed by atoms with Gasteiger partial charge in [-0.05, 0) is 131 Å². The minimum Gasteiger partial charge on any atom is -0.444 e. The molecule has 2 N–H and O–H groups in total. The number of amides is 2. The van der Waals surface area contributed by atoms with E-state index in [0.717, 1.165) is 38.8 Å². The smallest absolute Gasteiger partial charge is 0.410 e. The number of alkyl halides is 1. The third-order valence-electron chi connectivity index (χ3n) is 10.1. The van der Waals surface area contributed by atoms with E-state index in [1.807, 2.05) is 84.0 Å². The number of hydrogen-bond acceptors (Lipinski definition) is 8. The van der Waals surface area contributed by atoms with E-state index in [-0.39, 0.29) is 68.8 Å². The Balaban J connectivity index is 0.000000835. The molecule has 358 valence electrons. The van der Waals surface area contributed by atoms with E-state index in [1.165, 1.54) is 16.7 Å². The van der Waals surface area contributed by atoms with Crippen molar-refractivity contribution in [2.75, 3.05) is 39.3 Å². The molecule has 3 aromatic rings. The predicted molar refractivity (Wildman–Crippen MR) is 267 cm³/mol. The summed E-state index contributed by atoms with van der Waals surface area (Å²) in [6.45, 7) is 22.3. The Morgan fingerprint density at radius 1 is 0.587 bits per heavy atom. The van der Waals surface area contributed by atoms with Crippen LogP contribution in [0.25, 0.3) is 0 Å². The van der Waals surface area contributed by atoms with E-state index in [2.05, 4.69) is 90.5 Å². The van der Waals surface area contributed by atoms with Crippen LogP contribution in [0, 0.1) is 0 Å². The quantitative estimate of drug-likeness (QED) is 0.225. The van der Waals surface area contributed by atoms with Crippen LogP contribution in [0.15, 0.2) is 91.0 Å². The van der Waals surface area contributed by atoms with E-state index in [0.29, 0.717) is 50.0 Å². The van der Waals surface area contributed by atoms with Gasteiger partial charge in [0.25, 0.3) is 0 Å². The number of carbonyl (C=O) groups excluding carboxylic acids is 2. The number of hydrogen-bond donors (Lipinski definition) is 2. The molecule has 2 amide bonds. The molecule has 0 bridgehead atoms. The average molecular weight is 986 g/mol. The molecule has 13 heteroatoms. The third kappa shape index (κ3) is 25.4. The van der Waals surface area contributed by atoms with Gasteiger partial charge in [-0.3, -0.25) is 0 Å². The first-order chi connectivity index (χ1) is 28.4. The number of aliphatic hydroxyl groups is 1. The van der Waals surface area contributed by atoms with Gasteiger partial charge >= 0.3 is 12.2 Å². The van der Waals surface area contributed by atoms with Crippen molar-refractivity contribution in [3.63, 3.8) is 0 Å². The number of aliphatic hydroxyl groups excluding tert-OH is 1. The second-order valence-electron chi connectivity index (χ2n) is 17.7. The Kier molecular flexibility index (Phi) is 29.7. The van der Waals surface area contributed by atoms with Crippen molar-refractivity contribution in [3.8, 4) is 0 Å². The predicted octanol–water partition coefficient (Wildman–Crippen LogP) is 12.7. The molecule has 6 rings (SSSR count). The number of likely N-dealkylation sites (tertiary alicyclic amines) is 2. The first kappa shape index (κ1) is 60.1. The zero-order valence-corrected chi connectivity index (χ0v) is 41.8. The Bertz CT molecular complexity index is 1610. The molecule has 3 aliphatic heterocycles. The summed E-state index contributed by atoms with van der Waals surface area (Å²) in [5, 5.41) is 12.6. The highest BCUT2D eigenvalue weighted by atomic mass is 79.9. The van der Waals surface area contributed by atoms with Gasteiger partial charge in [-0.1, -0.05) is 114 Å². The van der Waals surface area contributed by atoms with Crippen molar-refractivity contribution in [2.24, 2.45) is 0 Å². The van der Waals surface area contributed by atoms with Crippen molar-refractivity contribution in [3.05, 3.63) is 108 Å². The number of halogens is 3. The number of piperidine rings is 3. The van der Waals surface area contributed by atoms with Gasteiger partial charge in [-0.15, -0.1) is 24.8 Å². The molecule has 3 aromatic carbocycles. The van der Waals surface area contributed by atoms with Gasteiger partial charge in [0.05, 0.1) is 30.5 Å². The van der Waals surface area contributed by atoms with E-state index < -0.39 is 11.2 Å². The molecule has 3 atom stereocenters. The third-order valence-corrected chi connectivity index (χ3v) is 10.6. The lowest BCUT2D eigenvalue weighted by Gasteiger charge is -2.34. The first-order valence-corrected chi connectivity index (χ1v) is 22.8. The number of nitrogens with zero attached hydrogens (tertiary/aromatic N) is 2. The second kappa shape index (κ2) is 31.1. The summed E-state index contributed by atoms with van der Waals surface area (Å²) in [6.07, 6.45) is 5.48. The lowest BCUT2D eigenvalue weighted by Crippen LogP contribution is -2.43. The second-order valence-corrected chi connectivity index (χ2v) is 19.1. The molecule has 63 heavy (non-hydrogen) atoms. The molecule has 3 unspecified atom stereocenters. The summed E-state index contributed by atoms with van der Waals surface area (Å²) < 4.78 is 22.8. The fourth-order valence-electron chi connectivity index (χ4n) is 6.71. The van der Waals surface area contributed by atoms with Gasteiger partial charge in [0.1, 0.15) is 11.2 Å². The SMILES string of the molecule is C.CC(Br)c1ccccc1.CC(C)(C)OC(=O)N1CCC(O)CC1.CC(OC1CCN(C(=O)OC(C)(C)C)CC1)c1ccccc1.CC(OC1CCNCC1)c1ccccc1.Cl.Cl. The van der Waals surface area contributed by atoms with Crippen LogP contribution in [0.3, 0.4) is 0 Å². The maximum atomic E-state index is 12.0. The van der Waals surface area contributed by atoms with E-state index in [9.17, 15) is 14.7 Å². The highest BCUT2D eigenvalue weighted by Crippen LogP contribution is 2.25. The van der Waals surface area contributed by atoms with Gasteiger partial charge in [0.2, 0.25) is 0 Å². The summed E-state index contributed by atoms with van der Waals surface area (Å²) >= 11 is 3.48. The highest BCUT2D eigenvalue weighted by molar-refractivity contribution is 9.09. The molecular formula is C50H80BrCl2N3O7.